The minimum atomic E-state index is -4.93. The molecule has 0 radical (unpaired) electrons. The van der Waals surface area contributed by atoms with Crippen molar-refractivity contribution in [2.75, 3.05) is 39.3 Å². The fourth-order valence-corrected chi connectivity index (χ4v) is 9.75. The third-order valence-corrected chi connectivity index (χ3v) is 14.3. The number of nitrogens with zero attached hydrogens (tertiary/aromatic N) is 4. The third kappa shape index (κ3) is 17.7. The number of ether oxygens (including phenoxy) is 2. The van der Waals surface area contributed by atoms with Gasteiger partial charge in [-0.25, -0.2) is 14.1 Å². The van der Waals surface area contributed by atoms with Crippen molar-refractivity contribution in [1.82, 2.24) is 25.0 Å². The largest absolute Gasteiger partial charge is 0.481 e. The molecular weight excluding hydrogens is 964 g/mol. The number of imide groups is 1. The van der Waals surface area contributed by atoms with E-state index in [-0.39, 0.29) is 96.8 Å². The SMILES string of the molecule is CC[C@H](C)[C@H](CC(=O)C1CCCCN1C)C(=O)N(C)[C@H](C[C@@H](OC(C)=O)c1nc(C(=O)N[C@@H](Cc2ccc(OCOP(=O)(O)O)c(NC(=O)CCCN3C(=O)C=CC3=O)c2)CC(C)C(=O)O)cs1)C(C)C. The number of carboxylic acids is 1. The molecule has 71 heavy (non-hydrogen) atoms. The highest BCUT2D eigenvalue weighted by atomic mass is 32.1. The van der Waals surface area contributed by atoms with E-state index in [0.717, 1.165) is 54.2 Å². The molecule has 1 fully saturated rings. The summed E-state index contributed by atoms with van der Waals surface area (Å²) >= 11 is 1.07. The van der Waals surface area contributed by atoms with Crippen LogP contribution >= 0.6 is 19.2 Å². The number of piperidine rings is 1. The van der Waals surface area contributed by atoms with Crippen molar-refractivity contribution in [1.29, 1.82) is 0 Å². The van der Waals surface area contributed by atoms with Crippen molar-refractivity contribution in [3.63, 3.8) is 0 Å². The fraction of sp³-hybridized carbons (Fsp3) is 0.604. The standard InChI is InChI=1S/C48H69N6O15PS/c1-9-29(4)34(24-39(56)37-13-10-11-19-52(37)7)47(61)53(8)38(28(2)3)25-41(69-31(6)55)46-51-36(26-71-46)45(60)49-33(21-30(5)48(62)63)22-32-15-16-40(67-27-68-70(64,65)66)35(23-32)50-42(57)14-12-20-54-43(58)17-18-44(54)59/h15-18,23,26,28-30,33-34,37-38,41H,9-14,19-22,24-25,27H2,1-8H3,(H,49,60)(H,50,57)(H,62,63)(H2,64,65,66)/t29-,30?,33+,34-,37?,38+,41+/m0/s1. The van der Waals surface area contributed by atoms with Gasteiger partial charge in [0.1, 0.15) is 16.5 Å². The van der Waals surface area contributed by atoms with Crippen LogP contribution in [0.5, 0.6) is 5.75 Å². The molecule has 2 aliphatic heterocycles. The number of esters is 1. The number of ketones is 1. The Hall–Kier alpha value is -5.38. The topological polar surface area (TPSA) is 289 Å². The first-order chi connectivity index (χ1) is 33.4. The molecule has 21 nitrogen and oxygen atoms in total. The number of carbonyl (C=O) groups is 8. The summed E-state index contributed by atoms with van der Waals surface area (Å²) in [6.45, 7) is 10.5. The summed E-state index contributed by atoms with van der Waals surface area (Å²) in [5.74, 6) is -5.84. The summed E-state index contributed by atoms with van der Waals surface area (Å²) in [4.78, 5) is 131. The molecular formula is C48H69N6O15PS. The maximum Gasteiger partial charge on any atom is 0.472 e. The molecule has 0 spiro atoms. The Labute approximate surface area is 418 Å². The van der Waals surface area contributed by atoms with Crippen molar-refractivity contribution in [2.45, 2.75) is 130 Å². The van der Waals surface area contributed by atoms with Crippen molar-refractivity contribution in [3.05, 3.63) is 52.0 Å². The highest BCUT2D eigenvalue weighted by molar-refractivity contribution is 7.46. The van der Waals surface area contributed by atoms with Crippen molar-refractivity contribution >= 4 is 72.1 Å². The Bertz CT molecular complexity index is 2300. The van der Waals surface area contributed by atoms with Gasteiger partial charge < -0.3 is 39.9 Å². The number of Topliss-reactive ketones (excluding diaryl/α,β-unsaturated/α-hetero) is 1. The van der Waals surface area contributed by atoms with Crippen LogP contribution in [-0.2, 0) is 53.8 Å². The van der Waals surface area contributed by atoms with Gasteiger partial charge in [-0.2, -0.15) is 0 Å². The molecule has 0 aliphatic carbocycles. The summed E-state index contributed by atoms with van der Waals surface area (Å²) in [5, 5.41) is 17.1. The van der Waals surface area contributed by atoms with Gasteiger partial charge in [-0.15, -0.1) is 11.3 Å². The lowest BCUT2D eigenvalue weighted by molar-refractivity contribution is -0.150. The maximum absolute atomic E-state index is 14.4. The first-order valence-electron chi connectivity index (χ1n) is 23.8. The maximum atomic E-state index is 14.4. The number of carboxylic acid groups (broad SMARTS) is 1. The van der Waals surface area contributed by atoms with Crippen LogP contribution in [-0.4, -0.2) is 134 Å². The molecule has 2 aromatic rings. The number of benzene rings is 1. The van der Waals surface area contributed by atoms with E-state index in [9.17, 15) is 48.0 Å². The second-order valence-corrected chi connectivity index (χ2v) is 20.8. The number of hydrogen-bond donors (Lipinski definition) is 5. The van der Waals surface area contributed by atoms with Gasteiger partial charge in [0, 0.05) is 75.3 Å². The Morgan fingerprint density at radius 1 is 1.03 bits per heavy atom. The molecule has 7 atom stereocenters. The molecule has 5 N–H and O–H groups in total. The van der Waals surface area contributed by atoms with E-state index in [2.05, 4.69) is 25.0 Å². The number of phosphoric acid groups is 1. The van der Waals surface area contributed by atoms with Crippen LogP contribution < -0.4 is 15.4 Å². The molecule has 3 heterocycles. The number of aromatic nitrogens is 1. The second kappa shape index (κ2) is 26.9. The number of amides is 5. The van der Waals surface area contributed by atoms with E-state index in [1.807, 2.05) is 34.7 Å². The van der Waals surface area contributed by atoms with E-state index in [0.29, 0.717) is 12.0 Å². The molecule has 1 aromatic heterocycles. The number of likely N-dealkylation sites (N-methyl/N-ethyl adjacent to an activating group) is 1. The van der Waals surface area contributed by atoms with Crippen LogP contribution in [0.2, 0.25) is 0 Å². The Morgan fingerprint density at radius 2 is 1.72 bits per heavy atom. The average molecular weight is 1030 g/mol. The molecule has 5 amide bonds. The van der Waals surface area contributed by atoms with Crippen molar-refractivity contribution in [2.24, 2.45) is 23.7 Å². The molecule has 2 aliphatic rings. The van der Waals surface area contributed by atoms with Gasteiger partial charge >= 0.3 is 19.8 Å². The molecule has 0 saturated carbocycles. The number of hydrogen-bond acceptors (Lipinski definition) is 15. The fourth-order valence-electron chi connectivity index (χ4n) is 8.73. The number of likely N-dealkylation sites (tertiary alicyclic amines) is 1. The van der Waals surface area contributed by atoms with Crippen LogP contribution in [0.4, 0.5) is 5.69 Å². The number of rotatable bonds is 28. The first kappa shape index (κ1) is 58.2. The van der Waals surface area contributed by atoms with Gasteiger partial charge in [-0.1, -0.05) is 53.5 Å². The zero-order valence-corrected chi connectivity index (χ0v) is 43.4. The first-order valence-corrected chi connectivity index (χ1v) is 26.2. The smallest absolute Gasteiger partial charge is 0.472 e. The second-order valence-electron chi connectivity index (χ2n) is 18.7. The van der Waals surface area contributed by atoms with Crippen LogP contribution in [0.25, 0.3) is 0 Å². The minimum Gasteiger partial charge on any atom is -0.481 e. The number of aliphatic carboxylic acids is 1. The monoisotopic (exact) mass is 1030 g/mol. The summed E-state index contributed by atoms with van der Waals surface area (Å²) < 4.78 is 27.0. The number of anilines is 1. The summed E-state index contributed by atoms with van der Waals surface area (Å²) in [5.41, 5.74) is 0.468. The van der Waals surface area contributed by atoms with Crippen LogP contribution in [0.3, 0.4) is 0 Å². The van der Waals surface area contributed by atoms with E-state index in [1.54, 1.807) is 18.0 Å². The normalized spacial score (nSPS) is 17.8. The Morgan fingerprint density at radius 3 is 2.32 bits per heavy atom. The van der Waals surface area contributed by atoms with Crippen LogP contribution in [0.1, 0.15) is 126 Å². The molecule has 0 bridgehead atoms. The van der Waals surface area contributed by atoms with Crippen LogP contribution in [0.15, 0.2) is 35.7 Å². The summed E-state index contributed by atoms with van der Waals surface area (Å²) in [7, 11) is -1.29. The number of thiazole rings is 1. The van der Waals surface area contributed by atoms with Crippen molar-refractivity contribution in [3.8, 4) is 5.75 Å². The lowest BCUT2D eigenvalue weighted by Gasteiger charge is -2.37. The highest BCUT2D eigenvalue weighted by Crippen LogP contribution is 2.37. The van der Waals surface area contributed by atoms with E-state index < -0.39 is 80.2 Å². The van der Waals surface area contributed by atoms with Gasteiger partial charge in [0.2, 0.25) is 11.8 Å². The average Bonchev–Trinajstić information content (AvgIpc) is 3.92. The van der Waals surface area contributed by atoms with E-state index in [4.69, 9.17) is 19.3 Å². The van der Waals surface area contributed by atoms with Crippen molar-refractivity contribution < 1.29 is 71.8 Å². The van der Waals surface area contributed by atoms with Crippen LogP contribution in [0, 0.1) is 23.7 Å². The molecule has 392 valence electrons. The van der Waals surface area contributed by atoms with Gasteiger partial charge in [0.25, 0.3) is 17.7 Å². The lowest BCUT2D eigenvalue weighted by atomic mass is 9.83. The lowest BCUT2D eigenvalue weighted by Crippen LogP contribution is -2.48. The van der Waals surface area contributed by atoms with Gasteiger partial charge in [0.15, 0.2) is 18.7 Å². The third-order valence-electron chi connectivity index (χ3n) is 12.9. The number of carbonyl (C=O) groups excluding carboxylic acids is 7. The zero-order chi connectivity index (χ0) is 52.7. The summed E-state index contributed by atoms with van der Waals surface area (Å²) in [6, 6.07) is 2.87. The molecule has 23 heteroatoms. The predicted octanol–water partition coefficient (Wildman–Crippen LogP) is 5.27. The molecule has 2 unspecified atom stereocenters. The molecule has 4 rings (SSSR count). The quantitative estimate of drug-likeness (QED) is 0.0314. The minimum absolute atomic E-state index is 0.0156. The predicted molar refractivity (Wildman–Crippen MR) is 261 cm³/mol. The Kier molecular flexibility index (Phi) is 22.0. The number of phosphoric ester groups is 1. The van der Waals surface area contributed by atoms with E-state index >= 15 is 0 Å². The highest BCUT2D eigenvalue weighted by Gasteiger charge is 2.38. The zero-order valence-electron chi connectivity index (χ0n) is 41.7. The molecule has 1 saturated heterocycles. The van der Waals surface area contributed by atoms with E-state index in [1.165, 1.54) is 31.4 Å². The Balaban J connectivity index is 1.54. The summed E-state index contributed by atoms with van der Waals surface area (Å²) in [6.07, 6.45) is 4.90. The van der Waals surface area contributed by atoms with Gasteiger partial charge in [-0.05, 0) is 75.2 Å². The van der Waals surface area contributed by atoms with Gasteiger partial charge in [0.05, 0.1) is 17.6 Å². The molecule has 1 aromatic carbocycles. The van der Waals surface area contributed by atoms with Gasteiger partial charge in [-0.3, -0.25) is 48.2 Å². The number of nitrogens with one attached hydrogen (secondary N) is 2.